The molecule has 6 nitrogen and oxygen atoms in total. The fourth-order valence-electron chi connectivity index (χ4n) is 4.62. The van der Waals surface area contributed by atoms with Crippen molar-refractivity contribution in [3.8, 4) is 16.9 Å². The van der Waals surface area contributed by atoms with Gasteiger partial charge in [-0.2, -0.15) is 5.10 Å². The summed E-state index contributed by atoms with van der Waals surface area (Å²) in [5.41, 5.74) is 2.44. The first-order chi connectivity index (χ1) is 17.4. The molecule has 1 unspecified atom stereocenters. The van der Waals surface area contributed by atoms with Crippen molar-refractivity contribution in [3.63, 3.8) is 0 Å². The minimum atomic E-state index is -0.273. The van der Waals surface area contributed by atoms with Crippen LogP contribution in [0.25, 0.3) is 16.9 Å². The van der Waals surface area contributed by atoms with Crippen molar-refractivity contribution in [3.05, 3.63) is 65.7 Å². The van der Waals surface area contributed by atoms with Crippen LogP contribution < -0.4 is 5.32 Å². The monoisotopic (exact) mass is 522 g/mol. The molecule has 7 heteroatoms. The summed E-state index contributed by atoms with van der Waals surface area (Å²) in [5, 5.41) is 8.24. The van der Waals surface area contributed by atoms with Gasteiger partial charge in [-0.3, -0.25) is 9.59 Å². The molecule has 1 N–H and O–H groups in total. The molecule has 3 aromatic rings. The van der Waals surface area contributed by atoms with Gasteiger partial charge in [-0.25, -0.2) is 4.68 Å². The normalized spacial score (nSPS) is 12.4. The molecule has 2 aromatic carbocycles. The molecular formula is C30H39ClN4O2. The van der Waals surface area contributed by atoms with Gasteiger partial charge in [-0.1, -0.05) is 95.6 Å². The van der Waals surface area contributed by atoms with Gasteiger partial charge in [-0.05, 0) is 35.8 Å². The largest absolute Gasteiger partial charge is 0.333 e. The Morgan fingerprint density at radius 3 is 2.30 bits per heavy atom. The molecule has 0 radical (unpaired) electrons. The average Bonchev–Trinajstić information content (AvgIpc) is 3.21. The Labute approximate surface area is 226 Å². The van der Waals surface area contributed by atoms with Gasteiger partial charge < -0.3 is 10.2 Å². The highest BCUT2D eigenvalue weighted by Gasteiger charge is 2.24. The Kier molecular flexibility index (Phi) is 9.55. The Hall–Kier alpha value is -3.12. The summed E-state index contributed by atoms with van der Waals surface area (Å²) in [6, 6.07) is 18.9. The first kappa shape index (κ1) is 28.5. The van der Waals surface area contributed by atoms with E-state index in [1.807, 2.05) is 54.6 Å². The van der Waals surface area contributed by atoms with E-state index >= 15 is 0 Å². The number of hydrogen-bond donors (Lipinski definition) is 1. The summed E-state index contributed by atoms with van der Waals surface area (Å²) < 4.78 is 1.64. The molecule has 0 saturated heterocycles. The first-order valence-electron chi connectivity index (χ1n) is 12.9. The Morgan fingerprint density at radius 1 is 1.03 bits per heavy atom. The molecule has 1 heterocycles. The van der Waals surface area contributed by atoms with E-state index in [4.69, 9.17) is 16.7 Å². The minimum absolute atomic E-state index is 0.00480. The summed E-state index contributed by atoms with van der Waals surface area (Å²) in [6.45, 7) is 13.2. The number of hydrogen-bond acceptors (Lipinski definition) is 3. The maximum Gasteiger partial charge on any atom is 0.245 e. The van der Waals surface area contributed by atoms with Crippen LogP contribution in [0.15, 0.2) is 60.7 Å². The number of amides is 2. The maximum absolute atomic E-state index is 13.3. The van der Waals surface area contributed by atoms with E-state index in [2.05, 4.69) is 46.9 Å². The fourth-order valence-corrected chi connectivity index (χ4v) is 4.84. The number of nitrogens with one attached hydrogen (secondary N) is 1. The van der Waals surface area contributed by atoms with Crippen LogP contribution in [-0.4, -0.2) is 39.6 Å². The summed E-state index contributed by atoms with van der Waals surface area (Å²) >= 11 is 6.47. The molecule has 0 aliphatic heterocycles. The van der Waals surface area contributed by atoms with Crippen LogP contribution in [0, 0.1) is 17.3 Å². The molecule has 0 bridgehead atoms. The van der Waals surface area contributed by atoms with Crippen LogP contribution in [0.4, 0.5) is 5.82 Å². The third-order valence-corrected chi connectivity index (χ3v) is 6.20. The van der Waals surface area contributed by atoms with E-state index in [-0.39, 0.29) is 35.6 Å². The van der Waals surface area contributed by atoms with E-state index < -0.39 is 0 Å². The lowest BCUT2D eigenvalue weighted by Gasteiger charge is -2.28. The zero-order valence-electron chi connectivity index (χ0n) is 22.8. The molecule has 1 aromatic heterocycles. The molecule has 0 fully saturated rings. The van der Waals surface area contributed by atoms with Gasteiger partial charge in [0.15, 0.2) is 0 Å². The smallest absolute Gasteiger partial charge is 0.245 e. The third kappa shape index (κ3) is 8.46. The van der Waals surface area contributed by atoms with Crippen molar-refractivity contribution in [1.82, 2.24) is 14.7 Å². The standard InChI is InChI=1S/C30H39ClN4O2/c1-21(2)19-34(29(37)16-22(3)18-30(4,5)6)20-28(36)32-27-17-25(23-12-8-7-9-13-23)33-35(27)26-15-11-10-14-24(26)31/h7-15,17,21-22H,16,18-20H2,1-6H3,(H,32,36). The molecule has 0 aliphatic rings. The quantitative estimate of drug-likeness (QED) is 0.309. The molecule has 3 rings (SSSR count). The van der Waals surface area contributed by atoms with Crippen LogP contribution in [0.1, 0.15) is 54.4 Å². The van der Waals surface area contributed by atoms with E-state index in [9.17, 15) is 9.59 Å². The zero-order chi connectivity index (χ0) is 27.2. The third-order valence-electron chi connectivity index (χ3n) is 5.88. The van der Waals surface area contributed by atoms with E-state index in [0.29, 0.717) is 35.2 Å². The van der Waals surface area contributed by atoms with Gasteiger partial charge in [0, 0.05) is 24.6 Å². The highest BCUT2D eigenvalue weighted by atomic mass is 35.5. The predicted octanol–water partition coefficient (Wildman–Crippen LogP) is 7.08. The number of nitrogens with zero attached hydrogens (tertiary/aromatic N) is 3. The Balaban J connectivity index is 1.83. The Bertz CT molecular complexity index is 1200. The summed E-state index contributed by atoms with van der Waals surface area (Å²) in [4.78, 5) is 28.1. The second-order valence-corrected chi connectivity index (χ2v) is 11.8. The van der Waals surface area contributed by atoms with Crippen LogP contribution in [0.5, 0.6) is 0 Å². The van der Waals surface area contributed by atoms with Crippen molar-refractivity contribution in [2.45, 2.75) is 54.4 Å². The molecular weight excluding hydrogens is 484 g/mol. The molecule has 0 aliphatic carbocycles. The van der Waals surface area contributed by atoms with E-state index in [0.717, 1.165) is 12.0 Å². The van der Waals surface area contributed by atoms with Crippen LogP contribution in [0.3, 0.4) is 0 Å². The number of benzene rings is 2. The van der Waals surface area contributed by atoms with Crippen molar-refractivity contribution < 1.29 is 9.59 Å². The highest BCUT2D eigenvalue weighted by molar-refractivity contribution is 6.32. The number of rotatable bonds is 10. The van der Waals surface area contributed by atoms with Gasteiger partial charge in [0.1, 0.15) is 5.82 Å². The van der Waals surface area contributed by atoms with Crippen LogP contribution >= 0.6 is 11.6 Å². The van der Waals surface area contributed by atoms with Gasteiger partial charge in [0.25, 0.3) is 0 Å². The molecule has 0 spiro atoms. The fraction of sp³-hybridized carbons (Fsp3) is 0.433. The van der Waals surface area contributed by atoms with Crippen molar-refractivity contribution in [2.75, 3.05) is 18.4 Å². The van der Waals surface area contributed by atoms with Gasteiger partial charge in [-0.15, -0.1) is 0 Å². The van der Waals surface area contributed by atoms with Crippen molar-refractivity contribution >= 4 is 29.2 Å². The SMILES string of the molecule is CC(C)CN(CC(=O)Nc1cc(-c2ccccc2)nn1-c1ccccc1Cl)C(=O)CC(C)CC(C)(C)C. The zero-order valence-corrected chi connectivity index (χ0v) is 23.5. The lowest BCUT2D eigenvalue weighted by atomic mass is 9.84. The molecule has 2 amide bonds. The summed E-state index contributed by atoms with van der Waals surface area (Å²) in [7, 11) is 0. The summed E-state index contributed by atoms with van der Waals surface area (Å²) in [6.07, 6.45) is 1.37. The predicted molar refractivity (Wildman–Crippen MR) is 152 cm³/mol. The lowest BCUT2D eigenvalue weighted by Crippen LogP contribution is -2.41. The number of carbonyl (C=O) groups excluding carboxylic acids is 2. The number of aromatic nitrogens is 2. The van der Waals surface area contributed by atoms with E-state index in [1.165, 1.54) is 0 Å². The topological polar surface area (TPSA) is 67.2 Å². The first-order valence-corrected chi connectivity index (χ1v) is 13.3. The lowest BCUT2D eigenvalue weighted by molar-refractivity contribution is -0.136. The highest BCUT2D eigenvalue weighted by Crippen LogP contribution is 2.29. The average molecular weight is 523 g/mol. The minimum Gasteiger partial charge on any atom is -0.333 e. The number of carbonyl (C=O) groups is 2. The van der Waals surface area contributed by atoms with Gasteiger partial charge >= 0.3 is 0 Å². The van der Waals surface area contributed by atoms with Crippen LogP contribution in [-0.2, 0) is 9.59 Å². The summed E-state index contributed by atoms with van der Waals surface area (Å²) in [5.74, 6) is 0.707. The molecule has 0 saturated carbocycles. The molecule has 37 heavy (non-hydrogen) atoms. The van der Waals surface area contributed by atoms with Crippen LogP contribution in [0.2, 0.25) is 5.02 Å². The maximum atomic E-state index is 13.3. The van der Waals surface area contributed by atoms with Gasteiger partial charge in [0.2, 0.25) is 11.8 Å². The Morgan fingerprint density at radius 2 is 1.68 bits per heavy atom. The second-order valence-electron chi connectivity index (χ2n) is 11.4. The van der Waals surface area contributed by atoms with E-state index in [1.54, 1.807) is 15.6 Å². The number of halogens is 1. The number of anilines is 1. The second kappa shape index (κ2) is 12.4. The van der Waals surface area contributed by atoms with Crippen molar-refractivity contribution in [2.24, 2.45) is 17.3 Å². The van der Waals surface area contributed by atoms with Crippen molar-refractivity contribution in [1.29, 1.82) is 0 Å². The molecule has 1 atom stereocenters. The van der Waals surface area contributed by atoms with Gasteiger partial charge in [0.05, 0.1) is 22.9 Å². The number of para-hydroxylation sites is 1. The molecule has 198 valence electrons.